The monoisotopic (exact) mass is 376 g/mol. The van der Waals surface area contributed by atoms with Crippen molar-refractivity contribution in [2.45, 2.75) is 6.61 Å². The van der Waals surface area contributed by atoms with Gasteiger partial charge >= 0.3 is 0 Å². The lowest BCUT2D eigenvalue weighted by atomic mass is 10.1. The highest BCUT2D eigenvalue weighted by atomic mass is 16.5. The van der Waals surface area contributed by atoms with E-state index in [9.17, 15) is 0 Å². The molecule has 4 rings (SSSR count). The van der Waals surface area contributed by atoms with Crippen molar-refractivity contribution >= 4 is 11.3 Å². The maximum atomic E-state index is 6.10. The lowest BCUT2D eigenvalue weighted by molar-refractivity contribution is 0.286. The first-order chi connectivity index (χ1) is 13.7. The van der Waals surface area contributed by atoms with E-state index >= 15 is 0 Å². The second-order valence-electron chi connectivity index (χ2n) is 6.14. The predicted molar refractivity (Wildman–Crippen MR) is 107 cm³/mol. The summed E-state index contributed by atoms with van der Waals surface area (Å²) in [6.07, 6.45) is 0. The van der Waals surface area contributed by atoms with E-state index in [-0.39, 0.29) is 0 Å². The first-order valence-corrected chi connectivity index (χ1v) is 8.74. The molecule has 0 aliphatic heterocycles. The predicted octanol–water partition coefficient (Wildman–Crippen LogP) is 3.57. The number of aromatic nitrogens is 3. The van der Waals surface area contributed by atoms with Crippen molar-refractivity contribution in [1.29, 1.82) is 0 Å². The van der Waals surface area contributed by atoms with Crippen molar-refractivity contribution in [2.24, 2.45) is 0 Å². The van der Waals surface area contributed by atoms with E-state index in [4.69, 9.17) is 19.9 Å². The molecule has 2 aromatic carbocycles. The number of hydrogen-bond acceptors (Lipinski definition) is 6. The molecule has 0 radical (unpaired) electrons. The fourth-order valence-corrected chi connectivity index (χ4v) is 2.96. The van der Waals surface area contributed by atoms with Gasteiger partial charge in [-0.15, -0.1) is 5.10 Å². The molecule has 0 aliphatic carbocycles. The Hall–Kier alpha value is -3.74. The molecule has 28 heavy (non-hydrogen) atoms. The zero-order valence-electron chi connectivity index (χ0n) is 15.6. The van der Waals surface area contributed by atoms with Crippen LogP contribution in [0.15, 0.2) is 60.7 Å². The largest absolute Gasteiger partial charge is 0.497 e. The van der Waals surface area contributed by atoms with Gasteiger partial charge in [0.1, 0.15) is 18.1 Å². The smallest absolute Gasteiger partial charge is 0.243 e. The Morgan fingerprint density at radius 3 is 2.61 bits per heavy atom. The molecular formula is C21H20N4O3. The number of nitrogens with two attached hydrogens (primary N) is 1. The quantitative estimate of drug-likeness (QED) is 0.518. The van der Waals surface area contributed by atoms with Gasteiger partial charge in [-0.05, 0) is 29.8 Å². The number of ether oxygens (including phenoxy) is 3. The van der Waals surface area contributed by atoms with Gasteiger partial charge in [0.05, 0.1) is 14.2 Å². The standard InChI is InChI=1S/C21H20N4O3/c1-26-15-7-5-6-14(12-15)13-28-19-11-10-18-23-20(21(27-2)25(18)24-19)16-8-3-4-9-17(16)22/h3-12H,13,22H2,1-2H3. The fourth-order valence-electron chi connectivity index (χ4n) is 2.96. The molecule has 0 saturated heterocycles. The number of methoxy groups -OCH3 is 2. The van der Waals surface area contributed by atoms with E-state index in [1.54, 1.807) is 24.8 Å². The first kappa shape index (κ1) is 17.7. The number of hydrogen-bond donors (Lipinski definition) is 1. The molecule has 0 atom stereocenters. The van der Waals surface area contributed by atoms with E-state index in [1.165, 1.54) is 0 Å². The molecule has 0 amide bonds. The molecule has 0 fully saturated rings. The van der Waals surface area contributed by atoms with Crippen LogP contribution in [-0.2, 0) is 6.61 Å². The second kappa shape index (κ2) is 7.48. The Balaban J connectivity index is 1.66. The molecule has 142 valence electrons. The SMILES string of the molecule is COc1cccc(COc2ccc3nc(-c4ccccc4N)c(OC)n3n2)c1. The van der Waals surface area contributed by atoms with Gasteiger partial charge in [-0.1, -0.05) is 30.3 Å². The molecule has 0 unspecified atom stereocenters. The Labute approximate surface area is 162 Å². The highest BCUT2D eigenvalue weighted by Crippen LogP contribution is 2.33. The van der Waals surface area contributed by atoms with Crippen LogP contribution in [0.2, 0.25) is 0 Å². The highest BCUT2D eigenvalue weighted by molar-refractivity contribution is 5.78. The summed E-state index contributed by atoms with van der Waals surface area (Å²) in [7, 11) is 3.22. The van der Waals surface area contributed by atoms with Crippen LogP contribution >= 0.6 is 0 Å². The maximum Gasteiger partial charge on any atom is 0.243 e. The number of nitrogens with zero attached hydrogens (tertiary/aromatic N) is 3. The van der Waals surface area contributed by atoms with Crippen LogP contribution in [-0.4, -0.2) is 28.8 Å². The number of anilines is 1. The molecule has 7 heteroatoms. The number of rotatable bonds is 6. The average Bonchev–Trinajstić information content (AvgIpc) is 3.10. The van der Waals surface area contributed by atoms with Gasteiger partial charge in [-0.3, -0.25) is 0 Å². The third-order valence-corrected chi connectivity index (χ3v) is 4.34. The molecule has 0 saturated carbocycles. The summed E-state index contributed by atoms with van der Waals surface area (Å²) in [5, 5.41) is 4.51. The summed E-state index contributed by atoms with van der Waals surface area (Å²) < 4.78 is 18.3. The lowest BCUT2D eigenvalue weighted by Crippen LogP contribution is -2.02. The zero-order chi connectivity index (χ0) is 19.5. The van der Waals surface area contributed by atoms with Gasteiger partial charge < -0.3 is 19.9 Å². The van der Waals surface area contributed by atoms with Crippen molar-refractivity contribution in [1.82, 2.24) is 14.6 Å². The number of nitrogen functional groups attached to an aromatic ring is 1. The van der Waals surface area contributed by atoms with Crippen molar-refractivity contribution in [3.63, 3.8) is 0 Å². The minimum Gasteiger partial charge on any atom is -0.497 e. The molecule has 0 spiro atoms. The molecule has 0 bridgehead atoms. The Morgan fingerprint density at radius 2 is 1.82 bits per heavy atom. The third-order valence-electron chi connectivity index (χ3n) is 4.34. The number of imidazole rings is 1. The van der Waals surface area contributed by atoms with Crippen LogP contribution in [0.3, 0.4) is 0 Å². The molecule has 2 N–H and O–H groups in total. The van der Waals surface area contributed by atoms with Gasteiger partial charge in [-0.25, -0.2) is 4.98 Å². The van der Waals surface area contributed by atoms with Gasteiger partial charge in [0.2, 0.25) is 11.8 Å². The topological polar surface area (TPSA) is 83.9 Å². The molecule has 4 aromatic rings. The highest BCUT2D eigenvalue weighted by Gasteiger charge is 2.18. The van der Waals surface area contributed by atoms with Crippen molar-refractivity contribution in [3.8, 4) is 28.8 Å². The van der Waals surface area contributed by atoms with Gasteiger partial charge in [0.25, 0.3) is 0 Å². The summed E-state index contributed by atoms with van der Waals surface area (Å²) in [6, 6.07) is 18.8. The summed E-state index contributed by atoms with van der Waals surface area (Å²) in [6.45, 7) is 0.366. The first-order valence-electron chi connectivity index (χ1n) is 8.74. The van der Waals surface area contributed by atoms with Crippen LogP contribution < -0.4 is 19.9 Å². The van der Waals surface area contributed by atoms with E-state index in [2.05, 4.69) is 10.1 Å². The number of fused-ring (bicyclic) bond motifs is 1. The van der Waals surface area contributed by atoms with Gasteiger partial charge in [0, 0.05) is 17.3 Å². The minimum atomic E-state index is 0.366. The number of benzene rings is 2. The molecule has 2 heterocycles. The van der Waals surface area contributed by atoms with Crippen LogP contribution in [0, 0.1) is 0 Å². The lowest BCUT2D eigenvalue weighted by Gasteiger charge is -2.08. The van der Waals surface area contributed by atoms with Gasteiger partial charge in [0.15, 0.2) is 5.65 Å². The fraction of sp³-hybridized carbons (Fsp3) is 0.143. The normalized spacial score (nSPS) is 10.8. The summed E-state index contributed by atoms with van der Waals surface area (Å²) in [4.78, 5) is 4.62. The van der Waals surface area contributed by atoms with E-state index in [1.807, 2.05) is 54.6 Å². The van der Waals surface area contributed by atoms with Crippen LogP contribution in [0.25, 0.3) is 16.9 Å². The van der Waals surface area contributed by atoms with Gasteiger partial charge in [-0.2, -0.15) is 4.52 Å². The molecular weight excluding hydrogens is 356 g/mol. The van der Waals surface area contributed by atoms with Crippen molar-refractivity contribution in [3.05, 3.63) is 66.2 Å². The number of para-hydroxylation sites is 1. The molecule has 2 aromatic heterocycles. The Morgan fingerprint density at radius 1 is 0.964 bits per heavy atom. The molecule has 0 aliphatic rings. The summed E-state index contributed by atoms with van der Waals surface area (Å²) in [5.41, 5.74) is 9.78. The Bertz CT molecular complexity index is 1120. The minimum absolute atomic E-state index is 0.366. The summed E-state index contributed by atoms with van der Waals surface area (Å²) in [5.74, 6) is 1.74. The average molecular weight is 376 g/mol. The van der Waals surface area contributed by atoms with Crippen molar-refractivity contribution in [2.75, 3.05) is 20.0 Å². The summed E-state index contributed by atoms with van der Waals surface area (Å²) >= 11 is 0. The molecule has 7 nitrogen and oxygen atoms in total. The van der Waals surface area contributed by atoms with E-state index < -0.39 is 0 Å². The van der Waals surface area contributed by atoms with Crippen LogP contribution in [0.1, 0.15) is 5.56 Å². The third kappa shape index (κ3) is 3.29. The van der Waals surface area contributed by atoms with Crippen molar-refractivity contribution < 1.29 is 14.2 Å². The second-order valence-corrected chi connectivity index (χ2v) is 6.14. The van der Waals surface area contributed by atoms with E-state index in [0.717, 1.165) is 16.9 Å². The van der Waals surface area contributed by atoms with Crippen LogP contribution in [0.5, 0.6) is 17.5 Å². The van der Waals surface area contributed by atoms with Crippen LogP contribution in [0.4, 0.5) is 5.69 Å². The Kier molecular flexibility index (Phi) is 4.72. The van der Waals surface area contributed by atoms with E-state index in [0.29, 0.717) is 35.4 Å². The zero-order valence-corrected chi connectivity index (χ0v) is 15.6. The maximum absolute atomic E-state index is 6.10.